The number of rotatable bonds is 4. The zero-order valence-electron chi connectivity index (χ0n) is 10.7. The average molecular weight is 220 g/mol. The number of benzene rings is 1. The molecule has 0 aliphatic heterocycles. The van der Waals surface area contributed by atoms with Gasteiger partial charge in [-0.25, -0.2) is 0 Å². The van der Waals surface area contributed by atoms with E-state index in [9.17, 15) is 5.11 Å². The molecule has 0 aliphatic carbocycles. The normalized spacial score (nSPS) is 11.2. The second kappa shape index (κ2) is 5.24. The molecule has 0 atom stereocenters. The molecular weight excluding hydrogens is 200 g/mol. The van der Waals surface area contributed by atoms with Gasteiger partial charge >= 0.3 is 0 Å². The van der Waals surface area contributed by atoms with E-state index in [0.717, 1.165) is 11.1 Å². The number of hydrogen-bond acceptors (Lipinski definition) is 2. The topological polar surface area (TPSA) is 29.5 Å². The third kappa shape index (κ3) is 2.69. The highest BCUT2D eigenvalue weighted by atomic mass is 16.5. The van der Waals surface area contributed by atoms with Crippen LogP contribution in [0.4, 0.5) is 0 Å². The molecule has 0 heterocycles. The largest absolute Gasteiger partial charge is 0.504 e. The van der Waals surface area contributed by atoms with Crippen LogP contribution < -0.4 is 4.74 Å². The van der Waals surface area contributed by atoms with Crippen LogP contribution in [-0.2, 0) is 0 Å². The van der Waals surface area contributed by atoms with Gasteiger partial charge in [-0.3, -0.25) is 0 Å². The van der Waals surface area contributed by atoms with Crippen molar-refractivity contribution in [1.29, 1.82) is 0 Å². The van der Waals surface area contributed by atoms with Crippen molar-refractivity contribution >= 4 is 0 Å². The fourth-order valence-electron chi connectivity index (χ4n) is 1.81. The van der Waals surface area contributed by atoms with E-state index in [-0.39, 0.29) is 5.75 Å². The Morgan fingerprint density at radius 2 is 1.81 bits per heavy atom. The van der Waals surface area contributed by atoms with Gasteiger partial charge in [-0.1, -0.05) is 33.8 Å². The number of phenolic OH excluding ortho intramolecular Hbond substituents is 1. The summed E-state index contributed by atoms with van der Waals surface area (Å²) >= 11 is 0. The SMILES string of the molecule is COc1c(O)ccc([C]C(C)C)c1C(C)C. The van der Waals surface area contributed by atoms with Gasteiger partial charge in [0, 0.05) is 12.0 Å². The zero-order valence-corrected chi connectivity index (χ0v) is 10.7. The van der Waals surface area contributed by atoms with Crippen molar-refractivity contribution in [3.8, 4) is 11.5 Å². The molecule has 88 valence electrons. The van der Waals surface area contributed by atoms with Crippen molar-refractivity contribution in [3.05, 3.63) is 29.7 Å². The summed E-state index contributed by atoms with van der Waals surface area (Å²) in [6, 6.07) is 3.56. The maximum Gasteiger partial charge on any atom is 0.164 e. The Kier molecular flexibility index (Phi) is 4.22. The Labute approximate surface area is 98.3 Å². The van der Waals surface area contributed by atoms with E-state index in [0.29, 0.717) is 17.6 Å². The van der Waals surface area contributed by atoms with Crippen LogP contribution in [0.1, 0.15) is 44.7 Å². The second-order valence-corrected chi connectivity index (χ2v) is 4.53. The number of ether oxygens (including phenoxy) is 1. The molecular formula is C14H20O2. The standard InChI is InChI=1S/C14H20O2/c1-9(2)8-11-6-7-12(15)14(16-5)13(11)10(3)4/h6-7,9-10,15H,1-5H3. The molecule has 16 heavy (non-hydrogen) atoms. The minimum atomic E-state index is 0.195. The highest BCUT2D eigenvalue weighted by Gasteiger charge is 2.17. The summed E-state index contributed by atoms with van der Waals surface area (Å²) < 4.78 is 5.27. The molecule has 1 N–H and O–H groups in total. The van der Waals surface area contributed by atoms with Gasteiger partial charge < -0.3 is 9.84 Å². The second-order valence-electron chi connectivity index (χ2n) is 4.53. The summed E-state index contributed by atoms with van der Waals surface area (Å²) in [7, 11) is 1.58. The molecule has 1 aromatic carbocycles. The molecule has 1 rings (SSSR count). The molecule has 0 saturated heterocycles. The fourth-order valence-corrected chi connectivity index (χ4v) is 1.81. The molecule has 2 nitrogen and oxygen atoms in total. The van der Waals surface area contributed by atoms with Crippen molar-refractivity contribution in [2.75, 3.05) is 7.11 Å². The van der Waals surface area contributed by atoms with Crippen LogP contribution in [0.25, 0.3) is 0 Å². The van der Waals surface area contributed by atoms with Gasteiger partial charge in [0.25, 0.3) is 0 Å². The van der Waals surface area contributed by atoms with Gasteiger partial charge in [0.15, 0.2) is 11.5 Å². The van der Waals surface area contributed by atoms with Gasteiger partial charge in [-0.05, 0) is 23.5 Å². The van der Waals surface area contributed by atoms with Crippen LogP contribution in [0.15, 0.2) is 12.1 Å². The lowest BCUT2D eigenvalue weighted by Gasteiger charge is -2.18. The number of aromatic hydroxyl groups is 1. The molecule has 0 unspecified atom stereocenters. The fraction of sp³-hybridized carbons (Fsp3) is 0.500. The van der Waals surface area contributed by atoms with Gasteiger partial charge in [-0.2, -0.15) is 0 Å². The molecule has 2 heteroatoms. The summed E-state index contributed by atoms with van der Waals surface area (Å²) in [6.45, 7) is 8.35. The molecule has 0 bridgehead atoms. The maximum atomic E-state index is 9.75. The lowest BCUT2D eigenvalue weighted by molar-refractivity contribution is 0.367. The predicted octanol–water partition coefficient (Wildman–Crippen LogP) is 3.61. The quantitative estimate of drug-likeness (QED) is 0.840. The lowest BCUT2D eigenvalue weighted by atomic mass is 9.90. The Bertz CT molecular complexity index is 354. The van der Waals surface area contributed by atoms with E-state index in [1.165, 1.54) is 0 Å². The van der Waals surface area contributed by atoms with Gasteiger partial charge in [0.05, 0.1) is 7.11 Å². The van der Waals surface area contributed by atoms with Crippen molar-refractivity contribution in [2.24, 2.45) is 5.92 Å². The summed E-state index contributed by atoms with van der Waals surface area (Å²) in [6.07, 6.45) is 3.37. The molecule has 0 aromatic heterocycles. The van der Waals surface area contributed by atoms with E-state index in [1.807, 2.05) is 6.07 Å². The van der Waals surface area contributed by atoms with E-state index in [1.54, 1.807) is 13.2 Å². The van der Waals surface area contributed by atoms with Crippen LogP contribution in [0.2, 0.25) is 0 Å². The monoisotopic (exact) mass is 220 g/mol. The Hall–Kier alpha value is -1.18. The highest BCUT2D eigenvalue weighted by Crippen LogP contribution is 2.38. The average Bonchev–Trinajstić information content (AvgIpc) is 2.18. The zero-order chi connectivity index (χ0) is 12.3. The molecule has 0 saturated carbocycles. The Morgan fingerprint density at radius 1 is 1.19 bits per heavy atom. The van der Waals surface area contributed by atoms with E-state index in [4.69, 9.17) is 4.74 Å². The molecule has 0 fully saturated rings. The third-order valence-corrected chi connectivity index (χ3v) is 2.40. The minimum absolute atomic E-state index is 0.195. The van der Waals surface area contributed by atoms with Gasteiger partial charge in [0.1, 0.15) is 0 Å². The van der Waals surface area contributed by atoms with Crippen LogP contribution in [-0.4, -0.2) is 12.2 Å². The van der Waals surface area contributed by atoms with Gasteiger partial charge in [0.2, 0.25) is 0 Å². The molecule has 0 amide bonds. The van der Waals surface area contributed by atoms with E-state index < -0.39 is 0 Å². The summed E-state index contributed by atoms with van der Waals surface area (Å²) in [5, 5.41) is 9.75. The first-order chi connectivity index (χ1) is 7.47. The Balaban J connectivity index is 3.27. The summed E-state index contributed by atoms with van der Waals surface area (Å²) in [5.41, 5.74) is 2.05. The van der Waals surface area contributed by atoms with Crippen LogP contribution in [0.5, 0.6) is 11.5 Å². The van der Waals surface area contributed by atoms with Crippen LogP contribution in [0, 0.1) is 12.3 Å². The Morgan fingerprint density at radius 3 is 2.25 bits per heavy atom. The summed E-state index contributed by atoms with van der Waals surface area (Å²) in [4.78, 5) is 0. The number of methoxy groups -OCH3 is 1. The van der Waals surface area contributed by atoms with Crippen molar-refractivity contribution in [1.82, 2.24) is 0 Å². The molecule has 2 radical (unpaired) electrons. The van der Waals surface area contributed by atoms with Crippen LogP contribution >= 0.6 is 0 Å². The van der Waals surface area contributed by atoms with Crippen molar-refractivity contribution in [2.45, 2.75) is 33.6 Å². The minimum Gasteiger partial charge on any atom is -0.504 e. The first-order valence-corrected chi connectivity index (χ1v) is 5.63. The maximum absolute atomic E-state index is 9.75. The van der Waals surface area contributed by atoms with Gasteiger partial charge in [-0.15, -0.1) is 0 Å². The first-order valence-electron chi connectivity index (χ1n) is 5.63. The third-order valence-electron chi connectivity index (χ3n) is 2.40. The lowest BCUT2D eigenvalue weighted by Crippen LogP contribution is -2.02. The smallest absolute Gasteiger partial charge is 0.164 e. The predicted molar refractivity (Wildman–Crippen MR) is 65.9 cm³/mol. The van der Waals surface area contributed by atoms with E-state index >= 15 is 0 Å². The number of hydrogen-bond donors (Lipinski definition) is 1. The van der Waals surface area contributed by atoms with Crippen molar-refractivity contribution in [3.63, 3.8) is 0 Å². The molecule has 0 spiro atoms. The van der Waals surface area contributed by atoms with Crippen LogP contribution in [0.3, 0.4) is 0 Å². The first kappa shape index (κ1) is 12.9. The number of phenols is 1. The summed E-state index contributed by atoms with van der Waals surface area (Å²) in [5.74, 6) is 1.41. The molecule has 1 aromatic rings. The van der Waals surface area contributed by atoms with Crippen molar-refractivity contribution < 1.29 is 9.84 Å². The molecule has 0 aliphatic rings. The highest BCUT2D eigenvalue weighted by molar-refractivity contribution is 5.53. The van der Waals surface area contributed by atoms with E-state index in [2.05, 4.69) is 34.1 Å².